The van der Waals surface area contributed by atoms with Crippen LogP contribution in [0.25, 0.3) is 6.08 Å². The summed E-state index contributed by atoms with van der Waals surface area (Å²) in [6.45, 7) is 1.05. The lowest BCUT2D eigenvalue weighted by Gasteiger charge is -2.13. The maximum Gasteiger partial charge on any atom is 0.293 e. The number of hydrogen-bond acceptors (Lipinski definition) is 6. The van der Waals surface area contributed by atoms with Crippen LogP contribution in [0.4, 0.5) is 4.79 Å². The van der Waals surface area contributed by atoms with Gasteiger partial charge in [0.05, 0.1) is 11.4 Å². The second-order valence-corrected chi connectivity index (χ2v) is 8.61. The molecule has 0 N–H and O–H groups in total. The predicted molar refractivity (Wildman–Crippen MR) is 133 cm³/mol. The van der Waals surface area contributed by atoms with Crippen molar-refractivity contribution in [1.29, 1.82) is 0 Å². The van der Waals surface area contributed by atoms with Gasteiger partial charge in [-0.15, -0.1) is 0 Å². The lowest BCUT2D eigenvalue weighted by atomic mass is 10.2. The van der Waals surface area contributed by atoms with Crippen molar-refractivity contribution in [3.8, 4) is 17.2 Å². The Morgan fingerprint density at radius 2 is 1.41 bits per heavy atom. The largest absolute Gasteiger partial charge is 0.492 e. The van der Waals surface area contributed by atoms with Gasteiger partial charge in [-0.05, 0) is 60.3 Å². The summed E-state index contributed by atoms with van der Waals surface area (Å²) in [4.78, 5) is 26.8. The molecule has 1 heterocycles. The maximum atomic E-state index is 12.8. The minimum absolute atomic E-state index is 0.152. The number of carbonyl (C=O) groups is 2. The third-order valence-corrected chi connectivity index (χ3v) is 5.99. The maximum absolute atomic E-state index is 12.8. The topological polar surface area (TPSA) is 65.1 Å². The number of hydrogen-bond donors (Lipinski definition) is 0. The number of thioether (sulfide) groups is 1. The van der Waals surface area contributed by atoms with Crippen molar-refractivity contribution in [3.05, 3.63) is 94.4 Å². The zero-order valence-electron chi connectivity index (χ0n) is 18.2. The standard InChI is InChI=1S/C26H22ClNO5S/c27-20-10-12-22(13-11-20)31-15-14-28-25(29)24(34-26(28)30)18-19-6-4-5-9-23(19)33-17-16-32-21-7-2-1-3-8-21/h1-13,18H,14-17H2/b24-18-. The molecule has 1 aliphatic heterocycles. The molecule has 4 rings (SSSR count). The zero-order chi connectivity index (χ0) is 23.8. The summed E-state index contributed by atoms with van der Waals surface area (Å²) in [7, 11) is 0. The molecular weight excluding hydrogens is 474 g/mol. The Kier molecular flexibility index (Phi) is 8.12. The van der Waals surface area contributed by atoms with Crippen LogP contribution in [0.2, 0.25) is 5.02 Å². The molecule has 3 aromatic carbocycles. The van der Waals surface area contributed by atoms with Crippen LogP contribution < -0.4 is 14.2 Å². The van der Waals surface area contributed by atoms with Crippen LogP contribution in [0.5, 0.6) is 17.2 Å². The lowest BCUT2D eigenvalue weighted by Crippen LogP contribution is -2.32. The normalized spacial score (nSPS) is 14.5. The van der Waals surface area contributed by atoms with Gasteiger partial charge >= 0.3 is 0 Å². The van der Waals surface area contributed by atoms with Crippen LogP contribution >= 0.6 is 23.4 Å². The van der Waals surface area contributed by atoms with E-state index in [1.165, 1.54) is 4.90 Å². The van der Waals surface area contributed by atoms with Crippen molar-refractivity contribution < 1.29 is 23.8 Å². The highest BCUT2D eigenvalue weighted by atomic mass is 35.5. The molecule has 0 saturated carbocycles. The van der Waals surface area contributed by atoms with Crippen LogP contribution in [-0.2, 0) is 4.79 Å². The van der Waals surface area contributed by atoms with Crippen LogP contribution in [0, 0.1) is 0 Å². The van der Waals surface area contributed by atoms with Crippen molar-refractivity contribution in [2.45, 2.75) is 0 Å². The lowest BCUT2D eigenvalue weighted by molar-refractivity contribution is -0.123. The summed E-state index contributed by atoms with van der Waals surface area (Å²) in [6.07, 6.45) is 1.68. The summed E-state index contributed by atoms with van der Waals surface area (Å²) in [5.41, 5.74) is 0.713. The average Bonchev–Trinajstić information content (AvgIpc) is 3.12. The molecule has 6 nitrogen and oxygen atoms in total. The summed E-state index contributed by atoms with van der Waals surface area (Å²) in [5.74, 6) is 1.65. The van der Waals surface area contributed by atoms with Crippen LogP contribution in [0.3, 0.4) is 0 Å². The Labute approximate surface area is 207 Å². The molecule has 8 heteroatoms. The van der Waals surface area contributed by atoms with Gasteiger partial charge in [-0.2, -0.15) is 0 Å². The van der Waals surface area contributed by atoms with Gasteiger partial charge in [-0.3, -0.25) is 14.5 Å². The highest BCUT2D eigenvalue weighted by molar-refractivity contribution is 8.18. The highest BCUT2D eigenvalue weighted by Gasteiger charge is 2.35. The molecule has 0 aliphatic carbocycles. The number of ether oxygens (including phenoxy) is 3. The fraction of sp³-hybridized carbons (Fsp3) is 0.154. The third-order valence-electron chi connectivity index (χ3n) is 4.83. The van der Waals surface area contributed by atoms with E-state index >= 15 is 0 Å². The van der Waals surface area contributed by atoms with Crippen molar-refractivity contribution in [2.75, 3.05) is 26.4 Å². The summed E-state index contributed by atoms with van der Waals surface area (Å²) < 4.78 is 17.1. The van der Waals surface area contributed by atoms with E-state index in [4.69, 9.17) is 25.8 Å². The molecular formula is C26H22ClNO5S. The van der Waals surface area contributed by atoms with Crippen molar-refractivity contribution in [2.24, 2.45) is 0 Å². The van der Waals surface area contributed by atoms with E-state index in [2.05, 4.69) is 0 Å². The summed E-state index contributed by atoms with van der Waals surface area (Å²) >= 11 is 6.77. The summed E-state index contributed by atoms with van der Waals surface area (Å²) in [5, 5.41) is 0.280. The van der Waals surface area contributed by atoms with Gasteiger partial charge < -0.3 is 14.2 Å². The van der Waals surface area contributed by atoms with Gasteiger partial charge in [0.2, 0.25) is 0 Å². The molecule has 1 aliphatic rings. The minimum atomic E-state index is -0.350. The number of benzene rings is 3. The molecule has 0 atom stereocenters. The fourth-order valence-electron chi connectivity index (χ4n) is 3.18. The molecule has 0 unspecified atom stereocenters. The fourth-order valence-corrected chi connectivity index (χ4v) is 4.16. The monoisotopic (exact) mass is 495 g/mol. The molecule has 0 aromatic heterocycles. The first-order valence-corrected chi connectivity index (χ1v) is 11.8. The second-order valence-electron chi connectivity index (χ2n) is 7.18. The van der Waals surface area contributed by atoms with Gasteiger partial charge in [0, 0.05) is 10.6 Å². The number of halogens is 1. The molecule has 1 saturated heterocycles. The van der Waals surface area contributed by atoms with Crippen molar-refractivity contribution in [1.82, 2.24) is 4.90 Å². The number of nitrogens with zero attached hydrogens (tertiary/aromatic N) is 1. The van der Waals surface area contributed by atoms with Crippen molar-refractivity contribution in [3.63, 3.8) is 0 Å². The first-order valence-electron chi connectivity index (χ1n) is 10.6. The molecule has 0 radical (unpaired) electrons. The number of carbonyl (C=O) groups excluding carboxylic acids is 2. The van der Waals surface area contributed by atoms with E-state index in [-0.39, 0.29) is 24.3 Å². The van der Waals surface area contributed by atoms with Crippen LogP contribution in [0.15, 0.2) is 83.8 Å². The Hall–Kier alpha value is -3.42. The van der Waals surface area contributed by atoms with E-state index in [0.29, 0.717) is 40.2 Å². The molecule has 174 valence electrons. The zero-order valence-corrected chi connectivity index (χ0v) is 19.8. The smallest absolute Gasteiger partial charge is 0.293 e. The number of imide groups is 1. The highest BCUT2D eigenvalue weighted by Crippen LogP contribution is 2.34. The Balaban J connectivity index is 1.33. The van der Waals surface area contributed by atoms with Gasteiger partial charge in [0.25, 0.3) is 11.1 Å². The number of para-hydroxylation sites is 2. The van der Waals surface area contributed by atoms with Crippen LogP contribution in [-0.4, -0.2) is 42.4 Å². The number of amides is 2. The van der Waals surface area contributed by atoms with Gasteiger partial charge in [0.1, 0.15) is 37.1 Å². The second kappa shape index (κ2) is 11.6. The number of rotatable bonds is 10. The quantitative estimate of drug-likeness (QED) is 0.257. The van der Waals surface area contributed by atoms with E-state index in [0.717, 1.165) is 17.5 Å². The van der Waals surface area contributed by atoms with E-state index in [1.54, 1.807) is 30.3 Å². The molecule has 1 fully saturated rings. The van der Waals surface area contributed by atoms with Crippen LogP contribution in [0.1, 0.15) is 5.56 Å². The summed E-state index contributed by atoms with van der Waals surface area (Å²) in [6, 6.07) is 23.8. The third kappa shape index (κ3) is 6.34. The minimum Gasteiger partial charge on any atom is -0.492 e. The molecule has 2 amide bonds. The molecule has 34 heavy (non-hydrogen) atoms. The SMILES string of the molecule is O=C1S/C(=C\c2ccccc2OCCOc2ccccc2)C(=O)N1CCOc1ccc(Cl)cc1. The van der Waals surface area contributed by atoms with E-state index < -0.39 is 0 Å². The average molecular weight is 496 g/mol. The Morgan fingerprint density at radius 3 is 2.21 bits per heavy atom. The predicted octanol–water partition coefficient (Wildman–Crippen LogP) is 5.91. The molecule has 0 spiro atoms. The molecule has 3 aromatic rings. The van der Waals surface area contributed by atoms with E-state index in [9.17, 15) is 9.59 Å². The molecule has 0 bridgehead atoms. The Bertz CT molecular complexity index is 1170. The Morgan fingerprint density at radius 1 is 0.765 bits per heavy atom. The van der Waals surface area contributed by atoms with Gasteiger partial charge in [0.15, 0.2) is 0 Å². The van der Waals surface area contributed by atoms with Gasteiger partial charge in [-0.1, -0.05) is 48.0 Å². The first-order chi connectivity index (χ1) is 16.6. The van der Waals surface area contributed by atoms with Gasteiger partial charge in [-0.25, -0.2) is 0 Å². The first kappa shape index (κ1) is 23.7. The van der Waals surface area contributed by atoms with E-state index in [1.807, 2.05) is 54.6 Å². The van der Waals surface area contributed by atoms with Crippen molar-refractivity contribution >= 4 is 40.6 Å².